The Morgan fingerprint density at radius 3 is 2.55 bits per heavy atom. The highest BCUT2D eigenvalue weighted by atomic mass is 35.6. The predicted octanol–water partition coefficient (Wildman–Crippen LogP) is 4.84. The average molecular weight is 330 g/mol. The third kappa shape index (κ3) is 3.26. The van der Waals surface area contributed by atoms with Crippen molar-refractivity contribution in [3.63, 3.8) is 0 Å². The fourth-order valence-electron chi connectivity index (χ4n) is 1.88. The summed E-state index contributed by atoms with van der Waals surface area (Å²) >= 11 is 16.7. The molecule has 0 aromatic heterocycles. The smallest absolute Gasteiger partial charge is 0.363 e. The first-order valence-electron chi connectivity index (χ1n) is 5.84. The lowest BCUT2D eigenvalue weighted by atomic mass is 10.0. The predicted molar refractivity (Wildman–Crippen MR) is 83.8 cm³/mol. The van der Waals surface area contributed by atoms with E-state index in [0.29, 0.717) is 12.2 Å². The molecule has 2 rings (SSSR count). The van der Waals surface area contributed by atoms with Gasteiger partial charge < -0.3 is 4.74 Å². The van der Waals surface area contributed by atoms with E-state index >= 15 is 0 Å². The van der Waals surface area contributed by atoms with Crippen LogP contribution in [0.5, 0.6) is 5.75 Å². The Hall–Kier alpha value is -1.22. The van der Waals surface area contributed by atoms with Crippen LogP contribution in [0.1, 0.15) is 5.56 Å². The molecule has 0 spiro atoms. The summed E-state index contributed by atoms with van der Waals surface area (Å²) in [6.07, 6.45) is 2.27. The van der Waals surface area contributed by atoms with Crippen molar-refractivity contribution in [2.45, 2.75) is 10.2 Å². The second-order valence-electron chi connectivity index (χ2n) is 4.16. The van der Waals surface area contributed by atoms with Crippen LogP contribution in [0.25, 0.3) is 10.8 Å². The van der Waals surface area contributed by atoms with Crippen molar-refractivity contribution in [2.24, 2.45) is 0 Å². The molecule has 0 N–H and O–H groups in total. The minimum Gasteiger partial charge on any atom is -0.422 e. The maximum Gasteiger partial charge on any atom is 0.363 e. The second-order valence-corrected chi connectivity index (χ2v) is 6.44. The topological polar surface area (TPSA) is 26.3 Å². The SMILES string of the molecule is C=CCc1ccc2ccccc2c1OC(=O)C(Cl)(Cl)Cl. The molecule has 0 bridgehead atoms. The van der Waals surface area contributed by atoms with E-state index in [-0.39, 0.29) is 0 Å². The van der Waals surface area contributed by atoms with Crippen molar-refractivity contribution in [2.75, 3.05) is 0 Å². The van der Waals surface area contributed by atoms with Crippen molar-refractivity contribution < 1.29 is 9.53 Å². The monoisotopic (exact) mass is 328 g/mol. The summed E-state index contributed by atoms with van der Waals surface area (Å²) < 4.78 is 3.18. The molecule has 0 aliphatic carbocycles. The fraction of sp³-hybridized carbons (Fsp3) is 0.133. The van der Waals surface area contributed by atoms with Crippen LogP contribution in [0.3, 0.4) is 0 Å². The van der Waals surface area contributed by atoms with Gasteiger partial charge in [-0.3, -0.25) is 0 Å². The molecular weight excluding hydrogens is 319 g/mol. The zero-order valence-corrected chi connectivity index (χ0v) is 12.7. The van der Waals surface area contributed by atoms with Crippen molar-refractivity contribution in [3.8, 4) is 5.75 Å². The van der Waals surface area contributed by atoms with Crippen LogP contribution in [-0.4, -0.2) is 9.76 Å². The highest BCUT2D eigenvalue weighted by molar-refractivity contribution is 6.75. The Kier molecular flexibility index (Phi) is 4.59. The number of allylic oxidation sites excluding steroid dienone is 1. The molecule has 0 atom stereocenters. The number of alkyl halides is 3. The number of rotatable bonds is 3. The molecule has 2 aromatic carbocycles. The van der Waals surface area contributed by atoms with Gasteiger partial charge >= 0.3 is 5.97 Å². The number of esters is 1. The maximum absolute atomic E-state index is 11.8. The molecule has 0 radical (unpaired) electrons. The van der Waals surface area contributed by atoms with E-state index in [1.807, 2.05) is 36.4 Å². The lowest BCUT2D eigenvalue weighted by molar-refractivity contribution is -0.133. The molecule has 5 heteroatoms. The van der Waals surface area contributed by atoms with Crippen molar-refractivity contribution in [1.29, 1.82) is 0 Å². The minimum atomic E-state index is -2.11. The van der Waals surface area contributed by atoms with Crippen LogP contribution < -0.4 is 4.74 Å². The van der Waals surface area contributed by atoms with Crippen LogP contribution in [0.2, 0.25) is 0 Å². The summed E-state index contributed by atoms with van der Waals surface area (Å²) in [5.41, 5.74) is 0.807. The largest absolute Gasteiger partial charge is 0.422 e. The van der Waals surface area contributed by atoms with Gasteiger partial charge in [-0.2, -0.15) is 0 Å². The highest BCUT2D eigenvalue weighted by Crippen LogP contribution is 2.34. The fourth-order valence-corrected chi connectivity index (χ4v) is 1.99. The second kappa shape index (κ2) is 6.04. The van der Waals surface area contributed by atoms with Crippen molar-refractivity contribution in [3.05, 3.63) is 54.6 Å². The molecule has 0 heterocycles. The molecule has 0 amide bonds. The zero-order valence-electron chi connectivity index (χ0n) is 10.4. The van der Waals surface area contributed by atoms with Crippen LogP contribution in [0.4, 0.5) is 0 Å². The molecule has 0 aliphatic heterocycles. The standard InChI is InChI=1S/C15H11Cl3O2/c1-2-5-11-9-8-10-6-3-4-7-12(10)13(11)20-14(19)15(16,17)18/h2-4,6-9H,1,5H2. The summed E-state index contributed by atoms with van der Waals surface area (Å²) in [5.74, 6) is -0.525. The normalized spacial score (nSPS) is 11.3. The zero-order chi connectivity index (χ0) is 14.8. The molecule has 0 saturated heterocycles. The Morgan fingerprint density at radius 2 is 1.90 bits per heavy atom. The quantitative estimate of drug-likeness (QED) is 0.348. The molecule has 0 saturated carbocycles. The van der Waals surface area contributed by atoms with E-state index < -0.39 is 9.76 Å². The summed E-state index contributed by atoms with van der Waals surface area (Å²) in [6, 6.07) is 11.3. The van der Waals surface area contributed by atoms with Gasteiger partial charge in [-0.1, -0.05) is 77.3 Å². The molecule has 20 heavy (non-hydrogen) atoms. The number of hydrogen-bond donors (Lipinski definition) is 0. The number of ether oxygens (including phenoxy) is 1. The van der Waals surface area contributed by atoms with Crippen molar-refractivity contribution in [1.82, 2.24) is 0 Å². The average Bonchev–Trinajstić information content (AvgIpc) is 2.40. The Balaban J connectivity index is 2.55. The highest BCUT2D eigenvalue weighted by Gasteiger charge is 2.34. The molecule has 2 aromatic rings. The van der Waals surface area contributed by atoms with Gasteiger partial charge in [0.15, 0.2) is 0 Å². The van der Waals surface area contributed by atoms with Crippen LogP contribution in [-0.2, 0) is 11.2 Å². The number of carbonyl (C=O) groups is 1. The van der Waals surface area contributed by atoms with Crippen LogP contribution >= 0.6 is 34.8 Å². The Bertz CT molecular complexity index is 660. The molecule has 2 nitrogen and oxygen atoms in total. The third-order valence-electron chi connectivity index (χ3n) is 2.75. The Morgan fingerprint density at radius 1 is 1.20 bits per heavy atom. The van der Waals surface area contributed by atoms with Gasteiger partial charge in [0.2, 0.25) is 0 Å². The van der Waals surface area contributed by atoms with E-state index in [9.17, 15) is 4.79 Å². The molecule has 0 aliphatic rings. The number of fused-ring (bicyclic) bond motifs is 1. The van der Waals surface area contributed by atoms with E-state index in [0.717, 1.165) is 16.3 Å². The van der Waals surface area contributed by atoms with Crippen LogP contribution in [0.15, 0.2) is 49.1 Å². The first-order chi connectivity index (χ1) is 9.43. The lowest BCUT2D eigenvalue weighted by Gasteiger charge is -2.15. The maximum atomic E-state index is 11.8. The molecule has 0 unspecified atom stereocenters. The van der Waals surface area contributed by atoms with Gasteiger partial charge in [0.05, 0.1) is 0 Å². The van der Waals surface area contributed by atoms with Gasteiger partial charge in [0.1, 0.15) is 5.75 Å². The number of benzene rings is 2. The number of hydrogen-bond acceptors (Lipinski definition) is 2. The van der Waals surface area contributed by atoms with Gasteiger partial charge in [-0.25, -0.2) is 4.79 Å². The summed E-state index contributed by atoms with van der Waals surface area (Å²) in [7, 11) is 0. The summed E-state index contributed by atoms with van der Waals surface area (Å²) in [5, 5.41) is 1.72. The summed E-state index contributed by atoms with van der Waals surface area (Å²) in [4.78, 5) is 11.8. The van der Waals surface area contributed by atoms with E-state index in [2.05, 4.69) is 6.58 Å². The first kappa shape index (κ1) is 15.2. The van der Waals surface area contributed by atoms with Crippen LogP contribution in [0, 0.1) is 0 Å². The van der Waals surface area contributed by atoms with Gasteiger partial charge in [0.25, 0.3) is 3.79 Å². The van der Waals surface area contributed by atoms with E-state index in [4.69, 9.17) is 39.5 Å². The van der Waals surface area contributed by atoms with Gasteiger partial charge in [0, 0.05) is 5.39 Å². The van der Waals surface area contributed by atoms with E-state index in [1.165, 1.54) is 0 Å². The molecule has 0 fully saturated rings. The van der Waals surface area contributed by atoms with Gasteiger partial charge in [-0.05, 0) is 17.4 Å². The number of halogens is 3. The van der Waals surface area contributed by atoms with Gasteiger partial charge in [-0.15, -0.1) is 6.58 Å². The summed E-state index contributed by atoms with van der Waals surface area (Å²) in [6.45, 7) is 3.69. The minimum absolute atomic E-state index is 0.402. The van der Waals surface area contributed by atoms with Crippen molar-refractivity contribution >= 4 is 51.5 Å². The Labute approximate surface area is 131 Å². The molecular formula is C15H11Cl3O2. The third-order valence-corrected chi connectivity index (χ3v) is 3.21. The lowest BCUT2D eigenvalue weighted by Crippen LogP contribution is -2.25. The number of carbonyl (C=O) groups excluding carboxylic acids is 1. The first-order valence-corrected chi connectivity index (χ1v) is 6.97. The van der Waals surface area contributed by atoms with E-state index in [1.54, 1.807) is 6.08 Å². The molecule has 104 valence electrons.